The number of rotatable bonds is 5. The van der Waals surface area contributed by atoms with Gasteiger partial charge in [0.2, 0.25) is 0 Å². The van der Waals surface area contributed by atoms with E-state index in [1.165, 1.54) is 17.0 Å². The summed E-state index contributed by atoms with van der Waals surface area (Å²) in [4.78, 5) is 33.1. The zero-order valence-electron chi connectivity index (χ0n) is 20.4. The van der Waals surface area contributed by atoms with Crippen molar-refractivity contribution in [3.8, 4) is 5.75 Å². The molecule has 0 radical (unpaired) electrons. The molecule has 2 aliphatic heterocycles. The van der Waals surface area contributed by atoms with Crippen LogP contribution in [0.15, 0.2) is 36.4 Å². The lowest BCUT2D eigenvalue weighted by Crippen LogP contribution is -2.43. The zero-order chi connectivity index (χ0) is 28.1. The third-order valence-corrected chi connectivity index (χ3v) is 7.10. The maximum atomic E-state index is 13.6. The van der Waals surface area contributed by atoms with Gasteiger partial charge < -0.3 is 14.5 Å². The number of carbonyl (C=O) groups excluding carboxylic acids is 2. The molecule has 4 heterocycles. The van der Waals surface area contributed by atoms with Gasteiger partial charge in [-0.15, -0.1) is 0 Å². The molecule has 2 amide bonds. The molecule has 2 aromatic heterocycles. The fraction of sp³-hybridized carbons (Fsp3) is 0.360. The van der Waals surface area contributed by atoms with Crippen LogP contribution in [-0.4, -0.2) is 56.1 Å². The van der Waals surface area contributed by atoms with Gasteiger partial charge in [-0.3, -0.25) is 14.3 Å². The highest BCUT2D eigenvalue weighted by molar-refractivity contribution is 6.31. The molecular weight excluding hydrogens is 549 g/mol. The Labute approximate surface area is 223 Å². The van der Waals surface area contributed by atoms with Crippen molar-refractivity contribution in [1.82, 2.24) is 24.6 Å². The molecule has 2 aliphatic rings. The average molecular weight is 570 g/mol. The third kappa shape index (κ3) is 5.14. The molecule has 3 aromatic rings. The van der Waals surface area contributed by atoms with Gasteiger partial charge in [0.15, 0.2) is 5.69 Å². The molecule has 0 aliphatic carbocycles. The van der Waals surface area contributed by atoms with Gasteiger partial charge in [0.25, 0.3) is 11.8 Å². The van der Waals surface area contributed by atoms with Crippen LogP contribution in [0, 0.1) is 0 Å². The Balaban J connectivity index is 1.37. The minimum Gasteiger partial charge on any atom is -0.435 e. The van der Waals surface area contributed by atoms with Crippen molar-refractivity contribution in [2.24, 2.45) is 0 Å². The Hall–Kier alpha value is -3.74. The highest BCUT2D eigenvalue weighted by Gasteiger charge is 2.38. The monoisotopic (exact) mass is 569 g/mol. The number of hydrogen-bond donors (Lipinski definition) is 0. The van der Waals surface area contributed by atoms with Gasteiger partial charge >= 0.3 is 12.8 Å². The lowest BCUT2D eigenvalue weighted by Gasteiger charge is -2.34. The predicted molar refractivity (Wildman–Crippen MR) is 127 cm³/mol. The number of alkyl halides is 5. The number of benzene rings is 1. The minimum atomic E-state index is -4.82. The molecule has 0 fully saturated rings. The van der Waals surface area contributed by atoms with E-state index in [1.807, 2.05) is 0 Å². The second-order valence-electron chi connectivity index (χ2n) is 9.12. The predicted octanol–water partition coefficient (Wildman–Crippen LogP) is 4.97. The number of fused-ring (bicyclic) bond motifs is 3. The zero-order valence-corrected chi connectivity index (χ0v) is 21.1. The first-order chi connectivity index (χ1) is 18.4. The van der Waals surface area contributed by atoms with Crippen LogP contribution in [0.4, 0.5) is 22.0 Å². The molecule has 14 heteroatoms. The van der Waals surface area contributed by atoms with Crippen LogP contribution in [0.2, 0.25) is 5.02 Å². The summed E-state index contributed by atoms with van der Waals surface area (Å²) in [7, 11) is 0. The first-order valence-electron chi connectivity index (χ1n) is 11.9. The van der Waals surface area contributed by atoms with Crippen molar-refractivity contribution in [2.75, 3.05) is 13.1 Å². The molecule has 206 valence electrons. The highest BCUT2D eigenvalue weighted by Crippen LogP contribution is 2.34. The molecule has 0 saturated heterocycles. The van der Waals surface area contributed by atoms with Crippen LogP contribution >= 0.6 is 11.6 Å². The molecule has 0 N–H and O–H groups in total. The Morgan fingerprint density at radius 2 is 1.79 bits per heavy atom. The van der Waals surface area contributed by atoms with E-state index in [1.54, 1.807) is 28.6 Å². The van der Waals surface area contributed by atoms with Crippen molar-refractivity contribution in [3.05, 3.63) is 75.3 Å². The van der Waals surface area contributed by atoms with Crippen molar-refractivity contribution >= 4 is 23.4 Å². The van der Waals surface area contributed by atoms with Crippen LogP contribution in [0.25, 0.3) is 0 Å². The van der Waals surface area contributed by atoms with Crippen molar-refractivity contribution in [1.29, 1.82) is 0 Å². The Kier molecular flexibility index (Phi) is 6.95. The smallest absolute Gasteiger partial charge is 0.434 e. The molecule has 0 spiro atoms. The Bertz CT molecular complexity index is 1430. The van der Waals surface area contributed by atoms with E-state index < -0.39 is 41.1 Å². The maximum absolute atomic E-state index is 13.6. The van der Waals surface area contributed by atoms with Crippen molar-refractivity contribution in [2.45, 2.75) is 45.3 Å². The summed E-state index contributed by atoms with van der Waals surface area (Å²) in [6, 6.07) is 7.72. The first-order valence-corrected chi connectivity index (χ1v) is 12.3. The Morgan fingerprint density at radius 3 is 2.46 bits per heavy atom. The Morgan fingerprint density at radius 1 is 1.08 bits per heavy atom. The topological polar surface area (TPSA) is 80.6 Å². The molecule has 1 atom stereocenters. The van der Waals surface area contributed by atoms with Crippen molar-refractivity contribution in [3.63, 3.8) is 0 Å². The average Bonchev–Trinajstić information content (AvgIpc) is 3.26. The van der Waals surface area contributed by atoms with E-state index in [9.17, 15) is 31.5 Å². The molecule has 5 rings (SSSR count). The van der Waals surface area contributed by atoms with Gasteiger partial charge in [-0.05, 0) is 36.8 Å². The van der Waals surface area contributed by atoms with Crippen molar-refractivity contribution < 1.29 is 36.3 Å². The molecule has 0 saturated carbocycles. The number of hydrogen-bond acceptors (Lipinski definition) is 5. The number of ether oxygens (including phenoxy) is 1. The summed E-state index contributed by atoms with van der Waals surface area (Å²) in [6.07, 6.45) is -4.51. The van der Waals surface area contributed by atoms with Gasteiger partial charge in [-0.2, -0.15) is 27.1 Å². The van der Waals surface area contributed by atoms with E-state index in [0.717, 1.165) is 12.1 Å². The lowest BCUT2D eigenvalue weighted by molar-refractivity contribution is -0.141. The van der Waals surface area contributed by atoms with Crippen LogP contribution < -0.4 is 4.74 Å². The second-order valence-corrected chi connectivity index (χ2v) is 9.53. The summed E-state index contributed by atoms with van der Waals surface area (Å²) in [5, 5.41) is 3.92. The van der Waals surface area contributed by atoms with Crippen LogP contribution in [0.1, 0.15) is 56.5 Å². The quantitative estimate of drug-likeness (QED) is 0.406. The normalized spacial score (nSPS) is 16.3. The van der Waals surface area contributed by atoms with Gasteiger partial charge in [-0.25, -0.2) is 4.98 Å². The number of halogens is 6. The number of pyridine rings is 1. The lowest BCUT2D eigenvalue weighted by atomic mass is 10.0. The molecule has 0 bridgehead atoms. The summed E-state index contributed by atoms with van der Waals surface area (Å²) in [5.74, 6) is -1.05. The van der Waals surface area contributed by atoms with E-state index >= 15 is 0 Å². The van der Waals surface area contributed by atoms with Gasteiger partial charge in [-0.1, -0.05) is 23.7 Å². The number of carbonyl (C=O) groups is 2. The van der Waals surface area contributed by atoms with E-state index in [0.29, 0.717) is 42.0 Å². The van der Waals surface area contributed by atoms with E-state index in [4.69, 9.17) is 11.6 Å². The third-order valence-electron chi connectivity index (χ3n) is 6.79. The molecule has 1 unspecified atom stereocenters. The van der Waals surface area contributed by atoms with Gasteiger partial charge in [0, 0.05) is 25.1 Å². The summed E-state index contributed by atoms with van der Waals surface area (Å²) in [6.45, 7) is -0.234. The van der Waals surface area contributed by atoms with Crippen LogP contribution in [-0.2, 0) is 25.7 Å². The standard InChI is InChI=1S/C25H21ClF5N5O3/c1-13(14-2-4-15(5-3-14)39-24(27)28)35-10-11-36-20(23(35)38)16-12-34(9-8-18(16)33-36)22(37)19-7-6-17(26)21(32-19)25(29,30)31/h2-7,13,24H,8-12H2,1H3. The number of nitrogens with zero attached hydrogens (tertiary/aromatic N) is 5. The molecule has 8 nitrogen and oxygen atoms in total. The fourth-order valence-electron chi connectivity index (χ4n) is 4.84. The van der Waals surface area contributed by atoms with E-state index in [-0.39, 0.29) is 24.7 Å². The SMILES string of the molecule is CC(c1ccc(OC(F)F)cc1)N1CCn2nc3c(c2C1=O)CN(C(=O)c1ccc(Cl)c(C(F)(F)F)n1)CC3. The summed E-state index contributed by atoms with van der Waals surface area (Å²) < 4.78 is 70.7. The molecular formula is C25H21ClF5N5O3. The van der Waals surface area contributed by atoms with Crippen LogP contribution in [0.5, 0.6) is 5.75 Å². The van der Waals surface area contributed by atoms with Gasteiger partial charge in [0.05, 0.1) is 29.8 Å². The minimum absolute atomic E-state index is 0.000330. The van der Waals surface area contributed by atoms with Gasteiger partial charge in [0.1, 0.15) is 17.1 Å². The van der Waals surface area contributed by atoms with E-state index in [2.05, 4.69) is 14.8 Å². The fourth-order valence-corrected chi connectivity index (χ4v) is 5.05. The molecule has 1 aromatic carbocycles. The molecule has 39 heavy (non-hydrogen) atoms. The first kappa shape index (κ1) is 26.9. The maximum Gasteiger partial charge on any atom is 0.434 e. The second kappa shape index (κ2) is 10.1. The highest BCUT2D eigenvalue weighted by atomic mass is 35.5. The van der Waals surface area contributed by atoms with Crippen LogP contribution in [0.3, 0.4) is 0 Å². The number of amides is 2. The number of aromatic nitrogens is 3. The largest absolute Gasteiger partial charge is 0.435 e. The summed E-state index contributed by atoms with van der Waals surface area (Å²) in [5.41, 5.74) is 0.435. The summed E-state index contributed by atoms with van der Waals surface area (Å²) >= 11 is 5.63.